The van der Waals surface area contributed by atoms with E-state index < -0.39 is 0 Å². The zero-order valence-corrected chi connectivity index (χ0v) is 18.1. The quantitative estimate of drug-likeness (QED) is 0.375. The van der Waals surface area contributed by atoms with E-state index >= 15 is 0 Å². The molecule has 0 aromatic carbocycles. The highest BCUT2D eigenvalue weighted by Crippen LogP contribution is 2.20. The lowest BCUT2D eigenvalue weighted by Gasteiger charge is -2.33. The van der Waals surface area contributed by atoms with E-state index in [-0.39, 0.29) is 0 Å². The fourth-order valence-corrected chi connectivity index (χ4v) is 4.27. The van der Waals surface area contributed by atoms with E-state index in [1.165, 1.54) is 38.5 Å². The number of aliphatic imine (C=N–C) groups is 1. The van der Waals surface area contributed by atoms with E-state index in [1.807, 2.05) is 19.3 Å². The summed E-state index contributed by atoms with van der Waals surface area (Å²) in [4.78, 5) is 11.2. The molecule has 0 unspecified atom stereocenters. The van der Waals surface area contributed by atoms with Crippen molar-refractivity contribution in [3.05, 3.63) is 24.4 Å². The number of pyridine rings is 1. The second kappa shape index (κ2) is 12.7. The van der Waals surface area contributed by atoms with Crippen molar-refractivity contribution in [3.63, 3.8) is 0 Å². The maximum absolute atomic E-state index is 6.01. The minimum Gasteiger partial charge on any atom is -0.378 e. The maximum atomic E-state index is 6.01. The van der Waals surface area contributed by atoms with E-state index in [4.69, 9.17) is 4.74 Å². The molecule has 2 heterocycles. The summed E-state index contributed by atoms with van der Waals surface area (Å²) < 4.78 is 6.01. The average Bonchev–Trinajstić information content (AvgIpc) is 2.79. The third kappa shape index (κ3) is 7.84. The molecule has 6 nitrogen and oxygen atoms in total. The Hall–Kier alpha value is -1.82. The first-order chi connectivity index (χ1) is 14.3. The lowest BCUT2D eigenvalue weighted by atomic mass is 9.98. The number of aromatic nitrogens is 1. The molecule has 6 heteroatoms. The summed E-state index contributed by atoms with van der Waals surface area (Å²) in [5, 5.41) is 7.06. The van der Waals surface area contributed by atoms with Gasteiger partial charge in [-0.2, -0.15) is 0 Å². The smallest absolute Gasteiger partial charge is 0.191 e. The van der Waals surface area contributed by atoms with Crippen LogP contribution in [0.15, 0.2) is 29.4 Å². The predicted octanol–water partition coefficient (Wildman–Crippen LogP) is 3.74. The maximum Gasteiger partial charge on any atom is 0.191 e. The van der Waals surface area contributed by atoms with Gasteiger partial charge >= 0.3 is 0 Å². The van der Waals surface area contributed by atoms with Crippen LogP contribution in [0.3, 0.4) is 0 Å². The van der Waals surface area contributed by atoms with Crippen LogP contribution in [0.5, 0.6) is 0 Å². The number of nitrogens with zero attached hydrogens (tertiary/aromatic N) is 3. The Balaban J connectivity index is 1.22. The van der Waals surface area contributed by atoms with Gasteiger partial charge in [-0.25, -0.2) is 4.98 Å². The normalized spacial score (nSPS) is 19.3. The molecule has 0 spiro atoms. The van der Waals surface area contributed by atoms with Crippen molar-refractivity contribution < 1.29 is 4.74 Å². The molecule has 1 aliphatic carbocycles. The number of nitrogens with one attached hydrogen (secondary N) is 2. The molecule has 1 aliphatic heterocycles. The Morgan fingerprint density at radius 2 is 1.93 bits per heavy atom. The number of piperidine rings is 1. The van der Waals surface area contributed by atoms with Gasteiger partial charge in [-0.15, -0.1) is 0 Å². The van der Waals surface area contributed by atoms with Crippen LogP contribution < -0.4 is 15.5 Å². The second-order valence-electron chi connectivity index (χ2n) is 8.28. The molecular formula is C23H39N5O. The standard InChI is InChI=1S/C23H39N5O/c1-24-23(26-16-7-3-9-19-29-21-10-4-2-5-11-21)27-20-13-17-28(18-14-20)22-12-6-8-15-25-22/h6,8,12,15,20-21H,2-5,7,9-11,13-14,16-19H2,1H3,(H2,24,26,27). The number of rotatable bonds is 9. The topological polar surface area (TPSA) is 61.8 Å². The van der Waals surface area contributed by atoms with Crippen molar-refractivity contribution in [1.82, 2.24) is 15.6 Å². The molecule has 2 fully saturated rings. The first-order valence-electron chi connectivity index (χ1n) is 11.6. The molecule has 0 atom stereocenters. The minimum absolute atomic E-state index is 0.477. The Labute approximate surface area is 176 Å². The molecule has 1 aromatic heterocycles. The molecule has 29 heavy (non-hydrogen) atoms. The lowest BCUT2D eigenvalue weighted by molar-refractivity contribution is 0.0264. The van der Waals surface area contributed by atoms with Gasteiger partial charge in [0, 0.05) is 45.5 Å². The summed E-state index contributed by atoms with van der Waals surface area (Å²) >= 11 is 0. The lowest BCUT2D eigenvalue weighted by Crippen LogP contribution is -2.49. The Morgan fingerprint density at radius 3 is 2.66 bits per heavy atom. The summed E-state index contributed by atoms with van der Waals surface area (Å²) in [6, 6.07) is 6.59. The number of guanidine groups is 1. The average molecular weight is 402 g/mol. The van der Waals surface area contributed by atoms with Gasteiger partial charge in [0.15, 0.2) is 5.96 Å². The largest absolute Gasteiger partial charge is 0.378 e. The summed E-state index contributed by atoms with van der Waals surface area (Å²) in [5.41, 5.74) is 0. The molecule has 1 saturated carbocycles. The number of ether oxygens (including phenoxy) is 1. The van der Waals surface area contributed by atoms with Gasteiger partial charge in [0.2, 0.25) is 0 Å². The summed E-state index contributed by atoms with van der Waals surface area (Å²) in [7, 11) is 1.86. The van der Waals surface area contributed by atoms with E-state index in [2.05, 4.69) is 37.6 Å². The number of anilines is 1. The van der Waals surface area contributed by atoms with Crippen LogP contribution in [0.1, 0.15) is 64.2 Å². The summed E-state index contributed by atoms with van der Waals surface area (Å²) in [6.07, 6.45) is 14.8. The van der Waals surface area contributed by atoms with Crippen molar-refractivity contribution in [2.75, 3.05) is 38.2 Å². The molecule has 0 bridgehead atoms. The number of hydrogen-bond acceptors (Lipinski definition) is 4. The zero-order chi connectivity index (χ0) is 20.2. The zero-order valence-electron chi connectivity index (χ0n) is 18.1. The van der Waals surface area contributed by atoms with Crippen molar-refractivity contribution in [2.24, 2.45) is 4.99 Å². The molecule has 3 rings (SSSR count). The second-order valence-corrected chi connectivity index (χ2v) is 8.28. The Kier molecular flexibility index (Phi) is 9.57. The number of unbranched alkanes of at least 4 members (excludes halogenated alkanes) is 2. The van der Waals surface area contributed by atoms with E-state index in [1.54, 1.807) is 0 Å². The number of hydrogen-bond donors (Lipinski definition) is 2. The third-order valence-corrected chi connectivity index (χ3v) is 6.05. The molecule has 1 saturated heterocycles. The van der Waals surface area contributed by atoms with Gasteiger partial charge in [-0.05, 0) is 57.1 Å². The summed E-state index contributed by atoms with van der Waals surface area (Å²) in [6.45, 7) is 3.96. The monoisotopic (exact) mass is 401 g/mol. The van der Waals surface area contributed by atoms with Crippen molar-refractivity contribution in [1.29, 1.82) is 0 Å². The van der Waals surface area contributed by atoms with Crippen molar-refractivity contribution in [3.8, 4) is 0 Å². The molecule has 2 aliphatic rings. The van der Waals surface area contributed by atoms with Gasteiger partial charge < -0.3 is 20.3 Å². The fourth-order valence-electron chi connectivity index (χ4n) is 4.27. The van der Waals surface area contributed by atoms with Gasteiger partial charge in [0.05, 0.1) is 6.10 Å². The molecule has 0 radical (unpaired) electrons. The van der Waals surface area contributed by atoms with Crippen LogP contribution in [0.25, 0.3) is 0 Å². The van der Waals surface area contributed by atoms with Gasteiger partial charge in [0.1, 0.15) is 5.82 Å². The molecule has 1 aromatic rings. The van der Waals surface area contributed by atoms with Crippen LogP contribution in [0.4, 0.5) is 5.82 Å². The van der Waals surface area contributed by atoms with Crippen LogP contribution in [0, 0.1) is 0 Å². The first-order valence-corrected chi connectivity index (χ1v) is 11.6. The van der Waals surface area contributed by atoms with Crippen molar-refractivity contribution in [2.45, 2.75) is 76.4 Å². The molecular weight excluding hydrogens is 362 g/mol. The minimum atomic E-state index is 0.477. The van der Waals surface area contributed by atoms with E-state index in [9.17, 15) is 0 Å². The van der Waals surface area contributed by atoms with E-state index in [0.29, 0.717) is 12.1 Å². The van der Waals surface area contributed by atoms with Crippen molar-refractivity contribution >= 4 is 11.8 Å². The fraction of sp³-hybridized carbons (Fsp3) is 0.739. The van der Waals surface area contributed by atoms with Crippen LogP contribution >= 0.6 is 0 Å². The molecule has 162 valence electrons. The van der Waals surface area contributed by atoms with Gasteiger partial charge in [-0.1, -0.05) is 25.3 Å². The van der Waals surface area contributed by atoms with Gasteiger partial charge in [-0.3, -0.25) is 4.99 Å². The highest BCUT2D eigenvalue weighted by molar-refractivity contribution is 5.79. The van der Waals surface area contributed by atoms with E-state index in [0.717, 1.165) is 63.7 Å². The van der Waals surface area contributed by atoms with Crippen LogP contribution in [0.2, 0.25) is 0 Å². The highest BCUT2D eigenvalue weighted by atomic mass is 16.5. The van der Waals surface area contributed by atoms with Gasteiger partial charge in [0.25, 0.3) is 0 Å². The summed E-state index contributed by atoms with van der Waals surface area (Å²) in [5.74, 6) is 2.01. The molecule has 2 N–H and O–H groups in total. The molecule has 0 amide bonds. The first kappa shape index (κ1) is 21.9. The predicted molar refractivity (Wildman–Crippen MR) is 121 cm³/mol. The van der Waals surface area contributed by atoms with Crippen LogP contribution in [-0.4, -0.2) is 56.4 Å². The Morgan fingerprint density at radius 1 is 1.10 bits per heavy atom. The van der Waals surface area contributed by atoms with Crippen LogP contribution in [-0.2, 0) is 4.74 Å². The Bertz CT molecular complexity index is 580. The third-order valence-electron chi connectivity index (χ3n) is 6.05. The SMILES string of the molecule is CN=C(NCCCCCOC1CCCCC1)NC1CCN(c2ccccn2)CC1. The highest BCUT2D eigenvalue weighted by Gasteiger charge is 2.20.